The van der Waals surface area contributed by atoms with Gasteiger partial charge in [-0.15, -0.1) is 0 Å². The molecule has 7 heteroatoms. The smallest absolute Gasteiger partial charge is 0.306 e. The van der Waals surface area contributed by atoms with Crippen LogP contribution in [-0.4, -0.2) is 58.3 Å². The third-order valence-electron chi connectivity index (χ3n) is 2.63. The van der Waals surface area contributed by atoms with Gasteiger partial charge in [0.25, 0.3) is 0 Å². The van der Waals surface area contributed by atoms with Crippen LogP contribution in [0, 0.1) is 0 Å². The summed E-state index contributed by atoms with van der Waals surface area (Å²) in [6, 6.07) is 0.160. The lowest BCUT2D eigenvalue weighted by atomic mass is 10.0. The van der Waals surface area contributed by atoms with Gasteiger partial charge in [-0.2, -0.15) is 11.8 Å². The molecule has 0 aromatic rings. The van der Waals surface area contributed by atoms with Gasteiger partial charge in [0.05, 0.1) is 12.0 Å². The lowest BCUT2D eigenvalue weighted by molar-refractivity contribution is -0.142. The highest BCUT2D eigenvalue weighted by molar-refractivity contribution is 7.99. The van der Waals surface area contributed by atoms with Crippen LogP contribution >= 0.6 is 11.8 Å². The first-order valence-electron chi connectivity index (χ1n) is 5.91. The lowest BCUT2D eigenvalue weighted by Gasteiger charge is -2.24. The van der Waals surface area contributed by atoms with Crippen molar-refractivity contribution in [3.8, 4) is 0 Å². The molecule has 1 heterocycles. The first-order valence-corrected chi connectivity index (χ1v) is 7.06. The molecule has 0 bridgehead atoms. The van der Waals surface area contributed by atoms with Crippen LogP contribution in [0.25, 0.3) is 0 Å². The molecule has 1 amide bonds. The number of thioether (sulfide) groups is 1. The van der Waals surface area contributed by atoms with Crippen LogP contribution in [0.4, 0.5) is 0 Å². The summed E-state index contributed by atoms with van der Waals surface area (Å²) in [6.45, 7) is 2.26. The van der Waals surface area contributed by atoms with Gasteiger partial charge in [0.1, 0.15) is 0 Å². The zero-order valence-electron chi connectivity index (χ0n) is 10.4. The number of nitrogens with one attached hydrogen (secondary N) is 2. The summed E-state index contributed by atoms with van der Waals surface area (Å²) < 4.78 is 0. The minimum atomic E-state index is -1.41. The predicted molar refractivity (Wildman–Crippen MR) is 69.6 cm³/mol. The molecular formula is C11H20N2O4S. The molecule has 6 nitrogen and oxygen atoms in total. The van der Waals surface area contributed by atoms with E-state index in [0.717, 1.165) is 18.1 Å². The Morgan fingerprint density at radius 3 is 2.83 bits per heavy atom. The zero-order chi connectivity index (χ0) is 13.6. The fourth-order valence-corrected chi connectivity index (χ4v) is 2.67. The molecule has 0 radical (unpaired) electrons. The van der Waals surface area contributed by atoms with Crippen molar-refractivity contribution in [1.29, 1.82) is 0 Å². The normalized spacial score (nSPS) is 23.1. The summed E-state index contributed by atoms with van der Waals surface area (Å²) in [4.78, 5) is 22.1. The number of aliphatic carboxylic acids is 1. The fraction of sp³-hybridized carbons (Fsp3) is 0.818. The first-order chi connectivity index (χ1) is 8.39. The van der Waals surface area contributed by atoms with Crippen molar-refractivity contribution < 1.29 is 19.8 Å². The summed E-state index contributed by atoms with van der Waals surface area (Å²) in [6.07, 6.45) is -0.0268. The second-order valence-corrected chi connectivity index (χ2v) is 5.92. The number of carboxylic acid groups (broad SMARTS) is 1. The lowest BCUT2D eigenvalue weighted by Crippen LogP contribution is -2.45. The molecule has 2 atom stereocenters. The number of rotatable bonds is 6. The molecule has 4 N–H and O–H groups in total. The van der Waals surface area contributed by atoms with E-state index in [1.165, 1.54) is 6.92 Å². The average molecular weight is 276 g/mol. The minimum Gasteiger partial charge on any atom is -0.481 e. The van der Waals surface area contributed by atoms with Gasteiger partial charge in [0, 0.05) is 37.1 Å². The van der Waals surface area contributed by atoms with Crippen molar-refractivity contribution in [2.45, 2.75) is 31.4 Å². The highest BCUT2D eigenvalue weighted by atomic mass is 32.2. The molecule has 18 heavy (non-hydrogen) atoms. The van der Waals surface area contributed by atoms with E-state index >= 15 is 0 Å². The number of carboxylic acids is 1. The third kappa shape index (κ3) is 6.23. The molecule has 0 saturated carbocycles. The van der Waals surface area contributed by atoms with Gasteiger partial charge < -0.3 is 20.8 Å². The van der Waals surface area contributed by atoms with E-state index in [9.17, 15) is 14.7 Å². The van der Waals surface area contributed by atoms with Gasteiger partial charge in [0.2, 0.25) is 5.91 Å². The second-order valence-electron chi connectivity index (χ2n) is 4.77. The molecule has 1 aliphatic heterocycles. The van der Waals surface area contributed by atoms with Crippen molar-refractivity contribution in [1.82, 2.24) is 10.6 Å². The van der Waals surface area contributed by atoms with Crippen molar-refractivity contribution in [2.75, 3.05) is 24.6 Å². The summed E-state index contributed by atoms with van der Waals surface area (Å²) in [5.41, 5.74) is -1.41. The number of hydrogen-bond donors (Lipinski definition) is 4. The van der Waals surface area contributed by atoms with Crippen LogP contribution in [0.1, 0.15) is 19.8 Å². The van der Waals surface area contributed by atoms with Crippen molar-refractivity contribution in [2.24, 2.45) is 0 Å². The van der Waals surface area contributed by atoms with Crippen LogP contribution in [0.3, 0.4) is 0 Å². The maximum absolute atomic E-state index is 11.6. The van der Waals surface area contributed by atoms with E-state index in [0.29, 0.717) is 6.42 Å². The quantitative estimate of drug-likeness (QED) is 0.518. The van der Waals surface area contributed by atoms with Gasteiger partial charge in [-0.3, -0.25) is 9.59 Å². The molecule has 0 aliphatic carbocycles. The van der Waals surface area contributed by atoms with Crippen molar-refractivity contribution in [3.05, 3.63) is 0 Å². The Balaban J connectivity index is 2.25. The Bertz CT molecular complexity index is 303. The van der Waals surface area contributed by atoms with Gasteiger partial charge >= 0.3 is 5.97 Å². The fourth-order valence-electron chi connectivity index (χ4n) is 1.72. The molecule has 1 saturated heterocycles. The van der Waals surface area contributed by atoms with Crippen molar-refractivity contribution >= 4 is 23.6 Å². The van der Waals surface area contributed by atoms with E-state index < -0.39 is 11.6 Å². The van der Waals surface area contributed by atoms with Crippen LogP contribution in [-0.2, 0) is 9.59 Å². The minimum absolute atomic E-state index is 0.0437. The Hall–Kier alpha value is -0.790. The van der Waals surface area contributed by atoms with Crippen LogP contribution < -0.4 is 10.6 Å². The van der Waals surface area contributed by atoms with E-state index in [4.69, 9.17) is 5.11 Å². The molecule has 1 fully saturated rings. The van der Waals surface area contributed by atoms with Gasteiger partial charge in [-0.25, -0.2) is 0 Å². The SMILES string of the molecule is CC(O)(CNC(=O)CC1CSCCN1)CC(=O)O. The maximum Gasteiger partial charge on any atom is 0.306 e. The number of hydrogen-bond acceptors (Lipinski definition) is 5. The monoisotopic (exact) mass is 276 g/mol. The van der Waals surface area contributed by atoms with Crippen LogP contribution in [0.15, 0.2) is 0 Å². The van der Waals surface area contributed by atoms with Gasteiger partial charge in [-0.05, 0) is 6.92 Å². The Morgan fingerprint density at radius 2 is 2.28 bits per heavy atom. The standard InChI is InChI=1S/C11H20N2O4S/c1-11(17,5-10(15)16)7-13-9(14)4-8-6-18-3-2-12-8/h8,12,17H,2-7H2,1H3,(H,13,14)(H,15,16). The predicted octanol–water partition coefficient (Wildman–Crippen LogP) is -0.577. The van der Waals surface area contributed by atoms with E-state index in [2.05, 4.69) is 10.6 Å². The Kier molecular flexibility index (Phi) is 5.90. The van der Waals surface area contributed by atoms with Crippen LogP contribution in [0.2, 0.25) is 0 Å². The maximum atomic E-state index is 11.6. The largest absolute Gasteiger partial charge is 0.481 e. The zero-order valence-corrected chi connectivity index (χ0v) is 11.3. The molecule has 0 aromatic heterocycles. The number of amides is 1. The van der Waals surface area contributed by atoms with Gasteiger partial charge in [0.15, 0.2) is 0 Å². The summed E-state index contributed by atoms with van der Waals surface area (Å²) in [5.74, 6) is 0.713. The molecular weight excluding hydrogens is 256 g/mol. The molecule has 0 spiro atoms. The Morgan fingerprint density at radius 1 is 1.56 bits per heavy atom. The highest BCUT2D eigenvalue weighted by Gasteiger charge is 2.25. The average Bonchev–Trinajstić information content (AvgIpc) is 2.26. The molecule has 1 aliphatic rings. The highest BCUT2D eigenvalue weighted by Crippen LogP contribution is 2.11. The molecule has 2 unspecified atom stereocenters. The van der Waals surface area contributed by atoms with E-state index in [1.54, 1.807) is 0 Å². The molecule has 1 rings (SSSR count). The van der Waals surface area contributed by atoms with E-state index in [1.807, 2.05) is 11.8 Å². The third-order valence-corrected chi connectivity index (χ3v) is 3.76. The number of aliphatic hydroxyl groups is 1. The van der Waals surface area contributed by atoms with Crippen LogP contribution in [0.5, 0.6) is 0 Å². The summed E-state index contributed by atoms with van der Waals surface area (Å²) >= 11 is 1.81. The number of carbonyl (C=O) groups excluding carboxylic acids is 1. The molecule has 0 aromatic carbocycles. The summed E-state index contributed by atoms with van der Waals surface area (Å²) in [7, 11) is 0. The number of carbonyl (C=O) groups is 2. The van der Waals surface area contributed by atoms with Gasteiger partial charge in [-0.1, -0.05) is 0 Å². The topological polar surface area (TPSA) is 98.7 Å². The summed E-state index contributed by atoms with van der Waals surface area (Å²) in [5, 5.41) is 24.1. The van der Waals surface area contributed by atoms with Crippen molar-refractivity contribution in [3.63, 3.8) is 0 Å². The van der Waals surface area contributed by atoms with E-state index in [-0.39, 0.29) is 24.9 Å². The Labute approximate surface area is 111 Å². The first kappa shape index (κ1) is 15.3. The second kappa shape index (κ2) is 6.96. The molecule has 104 valence electrons.